The van der Waals surface area contributed by atoms with Crippen LogP contribution in [0.2, 0.25) is 0 Å². The number of ether oxygens (including phenoxy) is 3. The van der Waals surface area contributed by atoms with Crippen molar-refractivity contribution in [3.05, 3.63) is 0 Å². The van der Waals surface area contributed by atoms with E-state index in [4.69, 9.17) is 14.2 Å². The van der Waals surface area contributed by atoms with Crippen molar-refractivity contribution in [2.75, 3.05) is 21.1 Å². The standard InChI is InChI=1S/C36H63N3O9/c1-16-22(10)28-31(40)37(13)26(20(6)7)35(44)47-30(24(12)18-3)33(42)39(15)27(21(8)9)36(45)48-29(23(11)17-2)32(41)38(14)25(19(4)5)34(43)46-28/h19-30H,16-18H2,1-15H3/t22-,23-,24-,25+,26+,27+,28-,29-,30-/m1/s1. The summed E-state index contributed by atoms with van der Waals surface area (Å²) in [6.07, 6.45) is -2.35. The van der Waals surface area contributed by atoms with Crippen molar-refractivity contribution in [2.45, 2.75) is 139 Å². The lowest BCUT2D eigenvalue weighted by Gasteiger charge is -2.39. The van der Waals surface area contributed by atoms with E-state index < -0.39 is 108 Å². The second-order valence-corrected chi connectivity index (χ2v) is 14.6. The molecule has 0 spiro atoms. The van der Waals surface area contributed by atoms with E-state index in [1.54, 1.807) is 62.3 Å². The second-order valence-electron chi connectivity index (χ2n) is 14.6. The molecule has 0 N–H and O–H groups in total. The average Bonchev–Trinajstić information content (AvgIpc) is 3.01. The largest absolute Gasteiger partial charge is 0.450 e. The normalized spacial score (nSPS) is 28.2. The predicted molar refractivity (Wildman–Crippen MR) is 182 cm³/mol. The van der Waals surface area contributed by atoms with Gasteiger partial charge >= 0.3 is 17.9 Å². The molecule has 0 aliphatic carbocycles. The Morgan fingerprint density at radius 1 is 0.438 bits per heavy atom. The second kappa shape index (κ2) is 18.5. The zero-order valence-electron chi connectivity index (χ0n) is 32.1. The van der Waals surface area contributed by atoms with Gasteiger partial charge in [-0.2, -0.15) is 0 Å². The lowest BCUT2D eigenvalue weighted by Crippen LogP contribution is -2.58. The highest BCUT2D eigenvalue weighted by Crippen LogP contribution is 2.27. The van der Waals surface area contributed by atoms with Crippen LogP contribution in [-0.4, -0.2) is 108 Å². The van der Waals surface area contributed by atoms with Crippen molar-refractivity contribution < 1.29 is 43.0 Å². The Kier molecular flexibility index (Phi) is 16.6. The number of rotatable bonds is 9. The van der Waals surface area contributed by atoms with Crippen molar-refractivity contribution in [3.63, 3.8) is 0 Å². The van der Waals surface area contributed by atoms with Crippen LogP contribution in [0.3, 0.4) is 0 Å². The fourth-order valence-corrected chi connectivity index (χ4v) is 6.10. The first kappa shape index (κ1) is 42.8. The minimum absolute atomic E-state index is 0.432. The van der Waals surface area contributed by atoms with Gasteiger partial charge in [-0.25, -0.2) is 14.4 Å². The topological polar surface area (TPSA) is 140 Å². The molecule has 9 atom stereocenters. The molecule has 0 aromatic rings. The Hall–Kier alpha value is -3.18. The number of cyclic esters (lactones) is 3. The van der Waals surface area contributed by atoms with Gasteiger partial charge in [0, 0.05) is 38.9 Å². The Bertz CT molecular complexity index is 1000. The first-order chi connectivity index (χ1) is 22.2. The van der Waals surface area contributed by atoms with Crippen LogP contribution in [-0.2, 0) is 43.0 Å². The molecule has 48 heavy (non-hydrogen) atoms. The molecule has 1 saturated heterocycles. The quantitative estimate of drug-likeness (QED) is 0.257. The van der Waals surface area contributed by atoms with E-state index >= 15 is 0 Å². The molecule has 12 nitrogen and oxygen atoms in total. The zero-order chi connectivity index (χ0) is 37.4. The molecule has 0 bridgehead atoms. The number of likely N-dealkylation sites (N-methyl/N-ethyl adjacent to an activating group) is 3. The van der Waals surface area contributed by atoms with E-state index in [9.17, 15) is 28.8 Å². The van der Waals surface area contributed by atoms with Gasteiger partial charge in [-0.3, -0.25) is 14.4 Å². The lowest BCUT2D eigenvalue weighted by atomic mass is 9.95. The molecule has 1 aliphatic rings. The molecule has 0 radical (unpaired) electrons. The molecule has 3 amide bonds. The van der Waals surface area contributed by atoms with Crippen molar-refractivity contribution >= 4 is 35.6 Å². The predicted octanol–water partition coefficient (Wildman–Crippen LogP) is 4.32. The Morgan fingerprint density at radius 3 is 0.771 bits per heavy atom. The highest BCUT2D eigenvalue weighted by Gasteiger charge is 2.45. The van der Waals surface area contributed by atoms with Crippen LogP contribution in [0, 0.1) is 35.5 Å². The van der Waals surface area contributed by atoms with Crippen molar-refractivity contribution in [2.24, 2.45) is 35.5 Å². The van der Waals surface area contributed by atoms with Crippen molar-refractivity contribution in [1.29, 1.82) is 0 Å². The molecule has 0 saturated carbocycles. The number of hydrogen-bond acceptors (Lipinski definition) is 9. The molecular weight excluding hydrogens is 618 g/mol. The summed E-state index contributed by atoms with van der Waals surface area (Å²) in [4.78, 5) is 87.8. The first-order valence-electron chi connectivity index (χ1n) is 17.6. The van der Waals surface area contributed by atoms with Gasteiger partial charge in [0.1, 0.15) is 18.1 Å². The third kappa shape index (κ3) is 9.94. The minimum atomic E-state index is -1.27. The summed E-state index contributed by atoms with van der Waals surface area (Å²) in [5.41, 5.74) is 0. The van der Waals surface area contributed by atoms with Crippen LogP contribution in [0.5, 0.6) is 0 Å². The van der Waals surface area contributed by atoms with Gasteiger partial charge in [0.2, 0.25) is 0 Å². The number of carbonyl (C=O) groups excluding carboxylic acids is 6. The summed E-state index contributed by atoms with van der Waals surface area (Å²) in [7, 11) is 4.37. The Morgan fingerprint density at radius 2 is 0.625 bits per heavy atom. The van der Waals surface area contributed by atoms with Gasteiger partial charge in [0.25, 0.3) is 17.7 Å². The van der Waals surface area contributed by atoms with Crippen LogP contribution >= 0.6 is 0 Å². The fraction of sp³-hybridized carbons (Fsp3) is 0.833. The van der Waals surface area contributed by atoms with Gasteiger partial charge in [0.05, 0.1) is 0 Å². The molecule has 12 heteroatoms. The summed E-state index contributed by atoms with van der Waals surface area (Å²) in [6, 6.07) is -3.34. The van der Waals surface area contributed by atoms with E-state index in [0.29, 0.717) is 19.3 Å². The zero-order valence-corrected chi connectivity index (χ0v) is 32.1. The average molecular weight is 682 g/mol. The van der Waals surface area contributed by atoms with Crippen LogP contribution in [0.25, 0.3) is 0 Å². The molecule has 1 fully saturated rings. The third-order valence-corrected chi connectivity index (χ3v) is 9.86. The summed E-state index contributed by atoms with van der Waals surface area (Å²) in [5.74, 6) is -6.73. The van der Waals surface area contributed by atoms with E-state index in [2.05, 4.69) is 0 Å². The van der Waals surface area contributed by atoms with Crippen LogP contribution < -0.4 is 0 Å². The van der Waals surface area contributed by atoms with Crippen molar-refractivity contribution in [1.82, 2.24) is 14.7 Å². The molecular formula is C36H63N3O9. The maximum absolute atomic E-state index is 14.1. The van der Waals surface area contributed by atoms with Gasteiger partial charge in [-0.1, -0.05) is 83.1 Å². The number of esters is 3. The summed E-state index contributed by atoms with van der Waals surface area (Å²) < 4.78 is 17.8. The summed E-state index contributed by atoms with van der Waals surface area (Å²) in [5, 5.41) is 0. The van der Waals surface area contributed by atoms with Crippen LogP contribution in [0.1, 0.15) is 102 Å². The Labute approximate surface area is 288 Å². The number of carbonyl (C=O) groups is 6. The fourth-order valence-electron chi connectivity index (χ4n) is 6.10. The van der Waals surface area contributed by atoms with E-state index in [1.165, 1.54) is 35.8 Å². The SMILES string of the molecule is CC[C@@H](C)[C@H]1OC(=O)[C@H](C(C)C)N(C)C(=O)[C@@H]([C@H](C)CC)OC(=O)[C@H](C(C)C)N(C)C(=O)[C@@H]([C@H](C)CC)OC(=O)[C@H](C(C)C)N(C)C1=O. The van der Waals surface area contributed by atoms with E-state index in [1.807, 2.05) is 20.8 Å². The number of hydrogen-bond donors (Lipinski definition) is 0. The Balaban J connectivity index is 4.04. The molecule has 1 rings (SSSR count). The highest BCUT2D eigenvalue weighted by atomic mass is 16.6. The molecule has 1 aliphatic heterocycles. The highest BCUT2D eigenvalue weighted by molar-refractivity contribution is 5.94. The molecule has 276 valence electrons. The number of amides is 3. The third-order valence-electron chi connectivity index (χ3n) is 9.86. The van der Waals surface area contributed by atoms with Crippen molar-refractivity contribution in [3.8, 4) is 0 Å². The molecule has 0 unspecified atom stereocenters. The van der Waals surface area contributed by atoms with Gasteiger partial charge in [-0.05, 0) is 37.0 Å². The van der Waals surface area contributed by atoms with Crippen LogP contribution in [0.4, 0.5) is 0 Å². The van der Waals surface area contributed by atoms with Gasteiger partial charge in [0.15, 0.2) is 18.3 Å². The first-order valence-corrected chi connectivity index (χ1v) is 17.6. The maximum Gasteiger partial charge on any atom is 0.329 e. The lowest BCUT2D eigenvalue weighted by molar-refractivity contribution is -0.182. The maximum atomic E-state index is 14.1. The van der Waals surface area contributed by atoms with Gasteiger partial charge < -0.3 is 28.9 Å². The van der Waals surface area contributed by atoms with Gasteiger partial charge in [-0.15, -0.1) is 0 Å². The molecule has 0 aromatic heterocycles. The summed E-state index contributed by atoms with van der Waals surface area (Å²) in [6.45, 7) is 21.4. The smallest absolute Gasteiger partial charge is 0.329 e. The molecule has 1 heterocycles. The van der Waals surface area contributed by atoms with E-state index in [0.717, 1.165) is 0 Å². The summed E-state index contributed by atoms with van der Waals surface area (Å²) >= 11 is 0. The molecule has 0 aromatic carbocycles. The number of nitrogens with zero attached hydrogens (tertiary/aromatic N) is 3. The monoisotopic (exact) mass is 681 g/mol. The minimum Gasteiger partial charge on any atom is -0.450 e. The van der Waals surface area contributed by atoms with Crippen LogP contribution in [0.15, 0.2) is 0 Å². The van der Waals surface area contributed by atoms with E-state index in [-0.39, 0.29) is 0 Å².